The third-order valence-electron chi connectivity index (χ3n) is 3.76. The predicted molar refractivity (Wildman–Crippen MR) is 87.9 cm³/mol. The van der Waals surface area contributed by atoms with Crippen molar-refractivity contribution in [2.75, 3.05) is 11.5 Å². The summed E-state index contributed by atoms with van der Waals surface area (Å²) in [5, 5.41) is 7.15. The Balaban J connectivity index is 2.02. The topological polar surface area (TPSA) is 109 Å². The number of nitrogens with zero attached hydrogens (tertiary/aromatic N) is 4. The molecule has 0 saturated carbocycles. The molecule has 0 N–H and O–H groups in total. The first-order valence-corrected chi connectivity index (χ1v) is 7.87. The molecule has 0 bridgehead atoms. The number of imide groups is 1. The van der Waals surface area contributed by atoms with E-state index >= 15 is 0 Å². The largest absolute Gasteiger partial charge is 0.461 e. The average Bonchev–Trinajstić information content (AvgIpc) is 3.08. The maximum atomic E-state index is 12.7. The summed E-state index contributed by atoms with van der Waals surface area (Å²) in [4.78, 5) is 49.2. The van der Waals surface area contributed by atoms with Crippen molar-refractivity contribution in [1.29, 1.82) is 0 Å². The smallest absolute Gasteiger partial charge is 0.355 e. The normalized spacial score (nSPS) is 22.1. The number of rotatable bonds is 4. The van der Waals surface area contributed by atoms with Crippen molar-refractivity contribution >= 4 is 52.4 Å². The van der Waals surface area contributed by atoms with Gasteiger partial charge in [0.2, 0.25) is 5.91 Å². The molecule has 1 aromatic carbocycles. The van der Waals surface area contributed by atoms with Gasteiger partial charge in [0.15, 0.2) is 11.8 Å². The van der Waals surface area contributed by atoms with Crippen molar-refractivity contribution in [2.45, 2.75) is 13.0 Å². The monoisotopic (exact) mass is 384 g/mol. The van der Waals surface area contributed by atoms with Gasteiger partial charge in [-0.25, -0.2) is 9.69 Å². The van der Waals surface area contributed by atoms with E-state index in [1.54, 1.807) is 6.92 Å². The lowest BCUT2D eigenvalue weighted by Gasteiger charge is -2.17. The zero-order valence-electron chi connectivity index (χ0n) is 12.7. The third-order valence-corrected chi connectivity index (χ3v) is 4.50. The van der Waals surface area contributed by atoms with Crippen LogP contribution < -0.4 is 4.90 Å². The quantitative estimate of drug-likeness (QED) is 0.444. The molecule has 2 amide bonds. The van der Waals surface area contributed by atoms with E-state index in [2.05, 4.69) is 10.4 Å². The van der Waals surface area contributed by atoms with Gasteiger partial charge in [0.1, 0.15) is 5.92 Å². The minimum Gasteiger partial charge on any atom is -0.461 e. The lowest BCUT2D eigenvalue weighted by atomic mass is 9.98. The Bertz CT molecular complexity index is 827. The van der Waals surface area contributed by atoms with Crippen LogP contribution in [0, 0.1) is 10.8 Å². The molecule has 0 unspecified atom stereocenters. The van der Waals surface area contributed by atoms with Crippen LogP contribution in [0.2, 0.25) is 10.0 Å². The molecule has 0 radical (unpaired) electrons. The second kappa shape index (κ2) is 6.41. The number of benzene rings is 1. The minimum atomic E-state index is -1.33. The Morgan fingerprint density at radius 3 is 2.60 bits per heavy atom. The Morgan fingerprint density at radius 2 is 2.00 bits per heavy atom. The van der Waals surface area contributed by atoms with Gasteiger partial charge in [-0.15, -0.1) is 15.1 Å². The first-order chi connectivity index (χ1) is 11.9. The van der Waals surface area contributed by atoms with Crippen LogP contribution >= 0.6 is 23.2 Å². The number of hydrogen-bond acceptors (Lipinski definition) is 7. The Morgan fingerprint density at radius 1 is 1.28 bits per heavy atom. The number of hydrogen-bond donors (Lipinski definition) is 0. The maximum Gasteiger partial charge on any atom is 0.355 e. The number of fused-ring (bicyclic) bond motifs is 1. The molecule has 0 spiro atoms. The van der Waals surface area contributed by atoms with E-state index in [0.29, 0.717) is 5.12 Å². The van der Waals surface area contributed by atoms with Crippen LogP contribution in [0.1, 0.15) is 6.92 Å². The van der Waals surface area contributed by atoms with E-state index in [9.17, 15) is 19.3 Å². The molecule has 2 aliphatic rings. The molecule has 11 heteroatoms. The highest BCUT2D eigenvalue weighted by molar-refractivity contribution is 6.47. The lowest BCUT2D eigenvalue weighted by Crippen LogP contribution is -2.36. The van der Waals surface area contributed by atoms with Gasteiger partial charge in [-0.3, -0.25) is 9.59 Å². The molecular weight excluding hydrogens is 375 g/mol. The van der Waals surface area contributed by atoms with Crippen molar-refractivity contribution in [3.05, 3.63) is 33.2 Å². The molecule has 1 fully saturated rings. The second-order valence-corrected chi connectivity index (χ2v) is 5.95. The molecular formula is C14H10Cl2N4O5. The molecule has 2 aliphatic heterocycles. The number of esters is 1. The molecule has 2 atom stereocenters. The predicted octanol–water partition coefficient (Wildman–Crippen LogP) is 1.77. The van der Waals surface area contributed by atoms with Crippen molar-refractivity contribution in [2.24, 2.45) is 16.3 Å². The molecule has 0 aliphatic carbocycles. The van der Waals surface area contributed by atoms with Crippen LogP contribution in [0.4, 0.5) is 5.69 Å². The van der Waals surface area contributed by atoms with Gasteiger partial charge in [-0.05, 0) is 25.1 Å². The summed E-state index contributed by atoms with van der Waals surface area (Å²) < 4.78 is 4.83. The summed E-state index contributed by atoms with van der Waals surface area (Å²) in [5.41, 5.74) is -0.180. The maximum absolute atomic E-state index is 12.7. The molecule has 2 heterocycles. The fourth-order valence-corrected chi connectivity index (χ4v) is 3.00. The first-order valence-electron chi connectivity index (χ1n) is 7.11. The Labute approximate surface area is 151 Å². The number of nitroso groups, excluding NO2 is 1. The van der Waals surface area contributed by atoms with Crippen molar-refractivity contribution in [1.82, 2.24) is 5.12 Å². The molecule has 0 aromatic heterocycles. The molecule has 1 saturated heterocycles. The molecule has 25 heavy (non-hydrogen) atoms. The lowest BCUT2D eigenvalue weighted by molar-refractivity contribution is -0.136. The van der Waals surface area contributed by atoms with Gasteiger partial charge in [0.05, 0.1) is 27.6 Å². The van der Waals surface area contributed by atoms with E-state index in [-0.39, 0.29) is 28.1 Å². The number of halogens is 2. The minimum absolute atomic E-state index is 0.0440. The fourth-order valence-electron chi connectivity index (χ4n) is 2.71. The Kier molecular flexibility index (Phi) is 4.44. The number of anilines is 1. The highest BCUT2D eigenvalue weighted by Crippen LogP contribution is 2.37. The van der Waals surface area contributed by atoms with E-state index in [1.165, 1.54) is 18.2 Å². The molecule has 9 nitrogen and oxygen atoms in total. The highest BCUT2D eigenvalue weighted by atomic mass is 35.5. The summed E-state index contributed by atoms with van der Waals surface area (Å²) in [6.07, 6.45) is 0. The van der Waals surface area contributed by atoms with Gasteiger partial charge in [-0.1, -0.05) is 23.2 Å². The molecule has 3 rings (SSSR count). The number of amides is 2. The van der Waals surface area contributed by atoms with Gasteiger partial charge < -0.3 is 4.74 Å². The fraction of sp³-hybridized carbons (Fsp3) is 0.286. The standard InChI is InChI=1S/C14H10Cl2N4O5/c1-2-25-14(23)10-9-11(20(17-10)18-24)13(22)19(12(9)21)6-3-4-7(15)8(16)5-6/h3-5,9,11H,2H2,1H3/t9-,11-/m0/s1. The Hall–Kier alpha value is -2.52. The number of carbonyl (C=O) groups is 3. The number of carbonyl (C=O) groups excluding carboxylic acids is 3. The van der Waals surface area contributed by atoms with Gasteiger partial charge >= 0.3 is 5.97 Å². The van der Waals surface area contributed by atoms with Crippen LogP contribution in [-0.2, 0) is 19.1 Å². The number of hydrazone groups is 1. The summed E-state index contributed by atoms with van der Waals surface area (Å²) in [6, 6.07) is 2.84. The van der Waals surface area contributed by atoms with Crippen molar-refractivity contribution in [3.63, 3.8) is 0 Å². The van der Waals surface area contributed by atoms with Crippen LogP contribution in [0.5, 0.6) is 0 Å². The second-order valence-electron chi connectivity index (χ2n) is 5.14. The first kappa shape index (κ1) is 17.3. The van der Waals surface area contributed by atoms with E-state index in [0.717, 1.165) is 4.90 Å². The van der Waals surface area contributed by atoms with Gasteiger partial charge in [0, 0.05) is 0 Å². The van der Waals surface area contributed by atoms with Crippen LogP contribution in [-0.4, -0.2) is 41.3 Å². The average molecular weight is 385 g/mol. The summed E-state index contributed by atoms with van der Waals surface area (Å²) in [6.45, 7) is 1.62. The SMILES string of the molecule is CCOC(=O)C1=NN(N=O)[C@@H]2C(=O)N(c3ccc(Cl)c(Cl)c3)C(=O)[C@@H]12. The van der Waals surface area contributed by atoms with E-state index in [1.807, 2.05) is 0 Å². The van der Waals surface area contributed by atoms with Crippen LogP contribution in [0.25, 0.3) is 0 Å². The zero-order chi connectivity index (χ0) is 18.3. The molecule has 1 aromatic rings. The van der Waals surface area contributed by atoms with Crippen LogP contribution in [0.3, 0.4) is 0 Å². The van der Waals surface area contributed by atoms with E-state index < -0.39 is 29.7 Å². The van der Waals surface area contributed by atoms with E-state index in [4.69, 9.17) is 27.9 Å². The van der Waals surface area contributed by atoms with Crippen molar-refractivity contribution < 1.29 is 19.1 Å². The summed E-state index contributed by atoms with van der Waals surface area (Å²) >= 11 is 11.8. The molecule has 130 valence electrons. The van der Waals surface area contributed by atoms with Gasteiger partial charge in [0.25, 0.3) is 5.91 Å². The van der Waals surface area contributed by atoms with Gasteiger partial charge in [-0.2, -0.15) is 0 Å². The van der Waals surface area contributed by atoms with Crippen molar-refractivity contribution in [3.8, 4) is 0 Å². The zero-order valence-corrected chi connectivity index (χ0v) is 14.2. The summed E-state index contributed by atoms with van der Waals surface area (Å²) in [7, 11) is 0. The van der Waals surface area contributed by atoms with Crippen LogP contribution in [0.15, 0.2) is 28.6 Å². The summed E-state index contributed by atoms with van der Waals surface area (Å²) in [5.74, 6) is -3.65. The number of ether oxygens (including phenoxy) is 1. The highest BCUT2D eigenvalue weighted by Gasteiger charge is 2.59. The third kappa shape index (κ3) is 2.65.